The van der Waals surface area contributed by atoms with E-state index in [1.165, 1.54) is 5.56 Å². The largest absolute Gasteiger partial charge is 0.497 e. The molecular weight excluding hydrogens is 344 g/mol. The van der Waals surface area contributed by atoms with Gasteiger partial charge in [-0.15, -0.1) is 0 Å². The number of hydrogen-bond acceptors (Lipinski definition) is 4. The predicted molar refractivity (Wildman–Crippen MR) is 104 cm³/mol. The molecule has 0 unspecified atom stereocenters. The van der Waals surface area contributed by atoms with Gasteiger partial charge in [-0.05, 0) is 43.9 Å². The van der Waals surface area contributed by atoms with Crippen molar-refractivity contribution < 1.29 is 14.3 Å². The third kappa shape index (κ3) is 5.47. The Morgan fingerprint density at radius 1 is 1.41 bits per heavy atom. The Hall–Kier alpha value is -2.54. The summed E-state index contributed by atoms with van der Waals surface area (Å²) in [4.78, 5) is 14.7. The Morgan fingerprint density at radius 2 is 2.22 bits per heavy atom. The maximum Gasteiger partial charge on any atom is 0.322 e. The SMILES string of the molecule is CCn1cc(NC(=O)N(CCc2ccc(OC)cc2)C[C@@H]2CCCO2)cn1. The summed E-state index contributed by atoms with van der Waals surface area (Å²) in [7, 11) is 1.66. The van der Waals surface area contributed by atoms with Crippen molar-refractivity contribution in [3.05, 3.63) is 42.2 Å². The number of urea groups is 1. The molecule has 0 aliphatic carbocycles. The smallest absolute Gasteiger partial charge is 0.322 e. The van der Waals surface area contributed by atoms with Gasteiger partial charge in [-0.25, -0.2) is 4.79 Å². The van der Waals surface area contributed by atoms with Crippen LogP contribution in [0.1, 0.15) is 25.3 Å². The number of aromatic nitrogens is 2. The van der Waals surface area contributed by atoms with Gasteiger partial charge < -0.3 is 19.7 Å². The summed E-state index contributed by atoms with van der Waals surface area (Å²) >= 11 is 0. The average molecular weight is 372 g/mol. The van der Waals surface area contributed by atoms with Crippen molar-refractivity contribution >= 4 is 11.7 Å². The minimum absolute atomic E-state index is 0.116. The van der Waals surface area contributed by atoms with Crippen LogP contribution in [0.15, 0.2) is 36.7 Å². The Kier molecular flexibility index (Phi) is 6.70. The summed E-state index contributed by atoms with van der Waals surface area (Å²) in [5.41, 5.74) is 1.88. The lowest BCUT2D eigenvalue weighted by atomic mass is 10.1. The second kappa shape index (κ2) is 9.41. The summed E-state index contributed by atoms with van der Waals surface area (Å²) < 4.78 is 12.7. The van der Waals surface area contributed by atoms with Crippen LogP contribution >= 0.6 is 0 Å². The van der Waals surface area contributed by atoms with Crippen LogP contribution in [0.5, 0.6) is 5.75 Å². The quantitative estimate of drug-likeness (QED) is 0.773. The molecule has 7 heteroatoms. The standard InChI is InChI=1S/C20H28N4O3/c1-3-24-14-17(13-21-24)22-20(25)23(15-19-5-4-12-27-19)11-10-16-6-8-18(26-2)9-7-16/h6-9,13-14,19H,3-5,10-12,15H2,1-2H3,(H,22,25)/t19-/m0/s1. The summed E-state index contributed by atoms with van der Waals surface area (Å²) in [5.74, 6) is 0.834. The molecule has 27 heavy (non-hydrogen) atoms. The second-order valence-electron chi connectivity index (χ2n) is 6.69. The van der Waals surface area contributed by atoms with Gasteiger partial charge in [-0.1, -0.05) is 12.1 Å². The highest BCUT2D eigenvalue weighted by Crippen LogP contribution is 2.16. The molecule has 0 spiro atoms. The maximum absolute atomic E-state index is 12.8. The first-order valence-corrected chi connectivity index (χ1v) is 9.51. The van der Waals surface area contributed by atoms with E-state index in [9.17, 15) is 4.79 Å². The molecule has 1 fully saturated rings. The van der Waals surface area contributed by atoms with Crippen molar-refractivity contribution in [1.82, 2.24) is 14.7 Å². The lowest BCUT2D eigenvalue weighted by Crippen LogP contribution is -2.41. The molecule has 7 nitrogen and oxygen atoms in total. The van der Waals surface area contributed by atoms with Crippen LogP contribution in [-0.2, 0) is 17.7 Å². The van der Waals surface area contributed by atoms with Gasteiger partial charge in [0, 0.05) is 32.4 Å². The highest BCUT2D eigenvalue weighted by atomic mass is 16.5. The molecule has 1 atom stereocenters. The number of nitrogens with one attached hydrogen (secondary N) is 1. The van der Waals surface area contributed by atoms with Gasteiger partial charge in [-0.2, -0.15) is 5.10 Å². The van der Waals surface area contributed by atoms with Crippen LogP contribution in [0.2, 0.25) is 0 Å². The minimum atomic E-state index is -0.116. The van der Waals surface area contributed by atoms with E-state index in [4.69, 9.17) is 9.47 Å². The van der Waals surface area contributed by atoms with Gasteiger partial charge in [0.25, 0.3) is 0 Å². The highest BCUT2D eigenvalue weighted by Gasteiger charge is 2.23. The van der Waals surface area contributed by atoms with Gasteiger partial charge in [-0.3, -0.25) is 4.68 Å². The van der Waals surface area contributed by atoms with Crippen LogP contribution < -0.4 is 10.1 Å². The molecule has 1 aromatic carbocycles. The lowest BCUT2D eigenvalue weighted by molar-refractivity contribution is 0.0839. The summed E-state index contributed by atoms with van der Waals surface area (Å²) in [6, 6.07) is 7.84. The number of methoxy groups -OCH3 is 1. The van der Waals surface area contributed by atoms with Gasteiger partial charge in [0.2, 0.25) is 0 Å². The molecule has 3 rings (SSSR count). The van der Waals surface area contributed by atoms with Gasteiger partial charge >= 0.3 is 6.03 Å². The summed E-state index contributed by atoms with van der Waals surface area (Å²) in [5, 5.41) is 7.16. The molecule has 1 aliphatic rings. The van der Waals surface area contributed by atoms with Crippen molar-refractivity contribution in [2.45, 2.75) is 38.8 Å². The number of aryl methyl sites for hydroxylation is 1. The Labute approximate surface area is 160 Å². The number of benzene rings is 1. The first-order valence-electron chi connectivity index (χ1n) is 9.51. The molecule has 2 amide bonds. The number of nitrogens with zero attached hydrogens (tertiary/aromatic N) is 3. The van der Waals surface area contributed by atoms with Gasteiger partial charge in [0.05, 0.1) is 25.1 Å². The van der Waals surface area contributed by atoms with Crippen molar-refractivity contribution in [2.24, 2.45) is 0 Å². The Bertz CT molecular complexity index is 723. The van der Waals surface area contributed by atoms with Crippen LogP contribution in [0, 0.1) is 0 Å². The molecule has 146 valence electrons. The average Bonchev–Trinajstić information content (AvgIpc) is 3.37. The summed E-state index contributed by atoms with van der Waals surface area (Å²) in [6.07, 6.45) is 6.46. The minimum Gasteiger partial charge on any atom is -0.497 e. The maximum atomic E-state index is 12.8. The van der Waals surface area contributed by atoms with E-state index in [1.54, 1.807) is 18.0 Å². The van der Waals surface area contributed by atoms with Crippen molar-refractivity contribution in [2.75, 3.05) is 32.1 Å². The Balaban J connectivity index is 1.62. The fraction of sp³-hybridized carbons (Fsp3) is 0.500. The molecule has 1 N–H and O–H groups in total. The molecule has 0 saturated carbocycles. The van der Waals surface area contributed by atoms with E-state index in [2.05, 4.69) is 10.4 Å². The number of rotatable bonds is 8. The van der Waals surface area contributed by atoms with E-state index in [-0.39, 0.29) is 12.1 Å². The lowest BCUT2D eigenvalue weighted by Gasteiger charge is -2.25. The number of carbonyl (C=O) groups is 1. The van der Waals surface area contributed by atoms with E-state index in [0.717, 1.165) is 38.2 Å². The van der Waals surface area contributed by atoms with Gasteiger partial charge in [0.15, 0.2) is 0 Å². The van der Waals surface area contributed by atoms with E-state index < -0.39 is 0 Å². The molecule has 0 radical (unpaired) electrons. The van der Waals surface area contributed by atoms with Crippen molar-refractivity contribution in [1.29, 1.82) is 0 Å². The molecule has 1 aromatic heterocycles. The molecule has 1 saturated heterocycles. The van der Waals surface area contributed by atoms with Crippen LogP contribution in [0.4, 0.5) is 10.5 Å². The van der Waals surface area contributed by atoms with Crippen LogP contribution in [0.25, 0.3) is 0 Å². The molecular formula is C20H28N4O3. The second-order valence-corrected chi connectivity index (χ2v) is 6.69. The molecule has 2 heterocycles. The monoisotopic (exact) mass is 372 g/mol. The van der Waals surface area contributed by atoms with E-state index in [1.807, 2.05) is 42.3 Å². The number of amides is 2. The van der Waals surface area contributed by atoms with Crippen molar-refractivity contribution in [3.8, 4) is 5.75 Å². The molecule has 1 aliphatic heterocycles. The first-order chi connectivity index (χ1) is 13.2. The fourth-order valence-corrected chi connectivity index (χ4v) is 3.17. The number of ether oxygens (including phenoxy) is 2. The third-order valence-corrected chi connectivity index (χ3v) is 4.77. The normalized spacial score (nSPS) is 16.3. The zero-order valence-corrected chi connectivity index (χ0v) is 16.1. The van der Waals surface area contributed by atoms with Gasteiger partial charge in [0.1, 0.15) is 5.75 Å². The fourth-order valence-electron chi connectivity index (χ4n) is 3.17. The zero-order chi connectivity index (χ0) is 19.1. The number of hydrogen-bond donors (Lipinski definition) is 1. The van der Waals surface area contributed by atoms with E-state index in [0.29, 0.717) is 18.8 Å². The van der Waals surface area contributed by atoms with E-state index >= 15 is 0 Å². The number of carbonyl (C=O) groups excluding carboxylic acids is 1. The highest BCUT2D eigenvalue weighted by molar-refractivity contribution is 5.89. The summed E-state index contributed by atoms with van der Waals surface area (Å²) in [6.45, 7) is 4.79. The Morgan fingerprint density at radius 3 is 2.85 bits per heavy atom. The topological polar surface area (TPSA) is 68.6 Å². The van der Waals surface area contributed by atoms with Crippen LogP contribution in [-0.4, -0.2) is 53.6 Å². The van der Waals surface area contributed by atoms with Crippen LogP contribution in [0.3, 0.4) is 0 Å². The predicted octanol–water partition coefficient (Wildman–Crippen LogP) is 3.17. The first kappa shape index (κ1) is 19.2. The molecule has 2 aromatic rings. The third-order valence-electron chi connectivity index (χ3n) is 4.77. The zero-order valence-electron chi connectivity index (χ0n) is 16.1. The van der Waals surface area contributed by atoms with Crippen molar-refractivity contribution in [3.63, 3.8) is 0 Å². The molecule has 0 bridgehead atoms. The number of anilines is 1.